The highest BCUT2D eigenvalue weighted by molar-refractivity contribution is 5.82. The molecule has 0 aliphatic rings. The number of ether oxygens (including phenoxy) is 2. The van der Waals surface area contributed by atoms with E-state index in [9.17, 15) is 14.9 Å². The summed E-state index contributed by atoms with van der Waals surface area (Å²) in [4.78, 5) is 23.4. The molecule has 4 aromatic carbocycles. The molecule has 0 amide bonds. The molecule has 33 heavy (non-hydrogen) atoms. The van der Waals surface area contributed by atoms with Crippen molar-refractivity contribution in [3.63, 3.8) is 0 Å². The van der Waals surface area contributed by atoms with Gasteiger partial charge in [-0.25, -0.2) is 0 Å². The van der Waals surface area contributed by atoms with Crippen molar-refractivity contribution in [1.29, 1.82) is 0 Å². The second kappa shape index (κ2) is 10.2. The van der Waals surface area contributed by atoms with Gasteiger partial charge in [0.2, 0.25) is 0 Å². The number of nitrogens with zero attached hydrogens (tertiary/aromatic N) is 1. The quantitative estimate of drug-likeness (QED) is 0.184. The predicted octanol–water partition coefficient (Wildman–Crippen LogP) is 6.26. The van der Waals surface area contributed by atoms with Gasteiger partial charge >= 0.3 is 5.97 Å². The SMILES string of the molecule is O=C(OCc1cccc(Oc2ccc([N+](=O)[O-])cc2)c1)C(c1ccccc1)c1ccccc1. The second-order valence-electron chi connectivity index (χ2n) is 7.36. The lowest BCUT2D eigenvalue weighted by atomic mass is 9.91. The molecule has 0 aliphatic carbocycles. The van der Waals surface area contributed by atoms with Gasteiger partial charge in [0, 0.05) is 12.1 Å². The number of esters is 1. The Kier molecular flexibility index (Phi) is 6.75. The van der Waals surface area contributed by atoms with Gasteiger partial charge in [-0.1, -0.05) is 72.8 Å². The Hall–Kier alpha value is -4.45. The number of hydrogen-bond donors (Lipinski definition) is 0. The Morgan fingerprint density at radius 3 is 1.94 bits per heavy atom. The topological polar surface area (TPSA) is 78.7 Å². The van der Waals surface area contributed by atoms with Crippen LogP contribution in [0.2, 0.25) is 0 Å². The van der Waals surface area contributed by atoms with Crippen molar-refractivity contribution < 1.29 is 19.2 Å². The molecule has 0 aromatic heterocycles. The minimum atomic E-state index is -0.521. The van der Waals surface area contributed by atoms with Crippen LogP contribution in [-0.2, 0) is 16.1 Å². The van der Waals surface area contributed by atoms with E-state index < -0.39 is 10.8 Å². The second-order valence-corrected chi connectivity index (χ2v) is 7.36. The first-order valence-corrected chi connectivity index (χ1v) is 10.4. The molecule has 6 heteroatoms. The van der Waals surface area contributed by atoms with Gasteiger partial charge < -0.3 is 9.47 Å². The summed E-state index contributed by atoms with van der Waals surface area (Å²) in [6.45, 7) is 0.0897. The van der Waals surface area contributed by atoms with E-state index in [1.165, 1.54) is 24.3 Å². The lowest BCUT2D eigenvalue weighted by Crippen LogP contribution is -2.17. The number of non-ortho nitro benzene ring substituents is 1. The average Bonchev–Trinajstić information content (AvgIpc) is 2.85. The highest BCUT2D eigenvalue weighted by atomic mass is 16.6. The molecule has 0 saturated carbocycles. The first-order chi connectivity index (χ1) is 16.1. The van der Waals surface area contributed by atoms with Crippen molar-refractivity contribution >= 4 is 11.7 Å². The summed E-state index contributed by atoms with van der Waals surface area (Å²) in [6, 6.07) is 32.1. The van der Waals surface area contributed by atoms with Crippen LogP contribution in [0.25, 0.3) is 0 Å². The highest BCUT2D eigenvalue weighted by Crippen LogP contribution is 2.28. The van der Waals surface area contributed by atoms with Crippen LogP contribution in [0.15, 0.2) is 109 Å². The molecule has 0 unspecified atom stereocenters. The van der Waals surface area contributed by atoms with Crippen LogP contribution in [0, 0.1) is 10.1 Å². The Morgan fingerprint density at radius 1 is 0.758 bits per heavy atom. The zero-order valence-corrected chi connectivity index (χ0v) is 17.7. The number of hydrogen-bond acceptors (Lipinski definition) is 5. The standard InChI is InChI=1S/C27H21NO5/c29-27(26(21-9-3-1-4-10-21)22-11-5-2-6-12-22)32-19-20-8-7-13-25(18-20)33-24-16-14-23(15-17-24)28(30)31/h1-18,26H,19H2. The number of nitro groups is 1. The lowest BCUT2D eigenvalue weighted by Gasteiger charge is -2.17. The summed E-state index contributed by atoms with van der Waals surface area (Å²) < 4.78 is 11.5. The van der Waals surface area contributed by atoms with E-state index in [2.05, 4.69) is 0 Å². The van der Waals surface area contributed by atoms with Crippen molar-refractivity contribution in [3.05, 3.63) is 136 Å². The van der Waals surface area contributed by atoms with E-state index in [1.54, 1.807) is 18.2 Å². The molecule has 6 nitrogen and oxygen atoms in total. The molecule has 0 aliphatic heterocycles. The number of carbonyl (C=O) groups excluding carboxylic acids is 1. The monoisotopic (exact) mass is 439 g/mol. The maximum absolute atomic E-state index is 13.1. The minimum Gasteiger partial charge on any atom is -0.460 e. The molecule has 0 spiro atoms. The van der Waals surface area contributed by atoms with E-state index in [0.29, 0.717) is 11.5 Å². The molecule has 0 N–H and O–H groups in total. The van der Waals surface area contributed by atoms with E-state index in [1.807, 2.05) is 66.7 Å². The first-order valence-electron chi connectivity index (χ1n) is 10.4. The first kappa shape index (κ1) is 21.8. The minimum absolute atomic E-state index is 0.00519. The van der Waals surface area contributed by atoms with Crippen molar-refractivity contribution in [1.82, 2.24) is 0 Å². The third-order valence-electron chi connectivity index (χ3n) is 5.06. The molecule has 0 bridgehead atoms. The summed E-state index contributed by atoms with van der Waals surface area (Å²) in [7, 11) is 0. The average molecular weight is 439 g/mol. The molecule has 0 saturated heterocycles. The van der Waals surface area contributed by atoms with Crippen LogP contribution in [0.4, 0.5) is 5.69 Å². The van der Waals surface area contributed by atoms with Gasteiger partial charge in [-0.15, -0.1) is 0 Å². The van der Waals surface area contributed by atoms with Crippen LogP contribution >= 0.6 is 0 Å². The van der Waals surface area contributed by atoms with Gasteiger partial charge in [0.1, 0.15) is 24.0 Å². The van der Waals surface area contributed by atoms with Crippen molar-refractivity contribution in [3.8, 4) is 11.5 Å². The fourth-order valence-electron chi connectivity index (χ4n) is 3.46. The fraction of sp³-hybridized carbons (Fsp3) is 0.0741. The third kappa shape index (κ3) is 5.62. The van der Waals surface area contributed by atoms with Gasteiger partial charge in [-0.05, 0) is 41.0 Å². The number of benzene rings is 4. The van der Waals surface area contributed by atoms with Gasteiger partial charge in [0.15, 0.2) is 0 Å². The Bertz CT molecular complexity index is 1180. The third-order valence-corrected chi connectivity index (χ3v) is 5.06. The highest BCUT2D eigenvalue weighted by Gasteiger charge is 2.24. The van der Waals surface area contributed by atoms with E-state index in [4.69, 9.17) is 9.47 Å². The zero-order chi connectivity index (χ0) is 23.0. The van der Waals surface area contributed by atoms with Crippen molar-refractivity contribution in [2.45, 2.75) is 12.5 Å². The summed E-state index contributed by atoms with van der Waals surface area (Å²) >= 11 is 0. The van der Waals surface area contributed by atoms with Crippen LogP contribution in [0.5, 0.6) is 11.5 Å². The summed E-state index contributed by atoms with van der Waals surface area (Å²) in [6.07, 6.45) is 0. The molecule has 0 radical (unpaired) electrons. The Morgan fingerprint density at radius 2 is 1.36 bits per heavy atom. The fourth-order valence-corrected chi connectivity index (χ4v) is 3.46. The molecule has 4 rings (SSSR count). The molecule has 164 valence electrons. The van der Waals surface area contributed by atoms with Gasteiger partial charge in [-0.3, -0.25) is 14.9 Å². The lowest BCUT2D eigenvalue weighted by molar-refractivity contribution is -0.384. The smallest absolute Gasteiger partial charge is 0.318 e. The largest absolute Gasteiger partial charge is 0.460 e. The van der Waals surface area contributed by atoms with Crippen molar-refractivity contribution in [2.24, 2.45) is 0 Å². The summed E-state index contributed by atoms with van der Waals surface area (Å²) in [5.74, 6) is 0.157. The molecular formula is C27H21NO5. The maximum Gasteiger partial charge on any atom is 0.318 e. The molecule has 4 aromatic rings. The molecule has 0 heterocycles. The molecular weight excluding hydrogens is 418 g/mol. The van der Waals surface area contributed by atoms with Crippen LogP contribution in [-0.4, -0.2) is 10.9 Å². The van der Waals surface area contributed by atoms with Crippen LogP contribution in [0.3, 0.4) is 0 Å². The van der Waals surface area contributed by atoms with Gasteiger partial charge in [0.25, 0.3) is 5.69 Å². The summed E-state index contributed by atoms with van der Waals surface area (Å²) in [5.41, 5.74) is 2.49. The number of carbonyl (C=O) groups is 1. The van der Waals surface area contributed by atoms with E-state index in [0.717, 1.165) is 16.7 Å². The molecule has 0 atom stereocenters. The van der Waals surface area contributed by atoms with Crippen LogP contribution < -0.4 is 4.74 Å². The van der Waals surface area contributed by atoms with Crippen molar-refractivity contribution in [2.75, 3.05) is 0 Å². The zero-order valence-electron chi connectivity index (χ0n) is 17.7. The van der Waals surface area contributed by atoms with E-state index in [-0.39, 0.29) is 18.3 Å². The maximum atomic E-state index is 13.1. The van der Waals surface area contributed by atoms with Crippen LogP contribution in [0.1, 0.15) is 22.6 Å². The number of nitro benzene ring substituents is 1. The molecule has 0 fully saturated rings. The van der Waals surface area contributed by atoms with Gasteiger partial charge in [0.05, 0.1) is 4.92 Å². The Balaban J connectivity index is 1.45. The summed E-state index contributed by atoms with van der Waals surface area (Å²) in [5, 5.41) is 10.8. The predicted molar refractivity (Wildman–Crippen MR) is 124 cm³/mol. The Labute approximate surface area is 191 Å². The number of rotatable bonds is 8. The normalized spacial score (nSPS) is 10.6. The van der Waals surface area contributed by atoms with Gasteiger partial charge in [-0.2, -0.15) is 0 Å². The van der Waals surface area contributed by atoms with E-state index >= 15 is 0 Å².